The largest absolute Gasteiger partial charge is 0.497 e. The Hall–Kier alpha value is -2.12. The summed E-state index contributed by atoms with van der Waals surface area (Å²) in [5, 5.41) is 13.8. The lowest BCUT2D eigenvalue weighted by molar-refractivity contribution is -0.121. The van der Waals surface area contributed by atoms with E-state index in [1.54, 1.807) is 18.0 Å². The molecule has 2 aromatic rings. The summed E-state index contributed by atoms with van der Waals surface area (Å²) < 4.78 is 6.77. The molecule has 0 saturated heterocycles. The first kappa shape index (κ1) is 17.9. The highest BCUT2D eigenvalue weighted by Gasteiger charge is 2.05. The minimum absolute atomic E-state index is 0. The van der Waals surface area contributed by atoms with Gasteiger partial charge in [-0.25, -0.2) is 4.68 Å². The van der Waals surface area contributed by atoms with Crippen molar-refractivity contribution in [3.63, 3.8) is 0 Å². The van der Waals surface area contributed by atoms with Gasteiger partial charge < -0.3 is 15.4 Å². The third-order valence-corrected chi connectivity index (χ3v) is 2.95. The Morgan fingerprint density at radius 2 is 2.05 bits per heavy atom. The molecule has 0 aliphatic carbocycles. The Morgan fingerprint density at radius 1 is 1.32 bits per heavy atom. The average Bonchev–Trinajstić information content (AvgIpc) is 3.00. The van der Waals surface area contributed by atoms with E-state index < -0.39 is 0 Å². The number of carbonyl (C=O) groups excluding carboxylic acids is 1. The number of nitrogens with one attached hydrogen (secondary N) is 2. The van der Waals surface area contributed by atoms with Crippen molar-refractivity contribution in [2.45, 2.75) is 13.0 Å². The fourth-order valence-corrected chi connectivity index (χ4v) is 1.76. The molecule has 0 spiro atoms. The fraction of sp³-hybridized carbons (Fsp3) is 0.357. The van der Waals surface area contributed by atoms with E-state index in [0.717, 1.165) is 11.4 Å². The van der Waals surface area contributed by atoms with Crippen LogP contribution < -0.4 is 15.4 Å². The second kappa shape index (κ2) is 9.01. The van der Waals surface area contributed by atoms with Gasteiger partial charge in [-0.3, -0.25) is 4.79 Å². The van der Waals surface area contributed by atoms with Gasteiger partial charge in [-0.1, -0.05) is 5.21 Å². The number of methoxy groups -OCH3 is 1. The standard InChI is InChI=1S/C14H19N5O2.ClH/c1-15-8-7-14(20)16-9-11-10-19(18-17-11)12-3-5-13(21-2)6-4-12;/h3-6,10,15H,7-9H2,1-2H3,(H,16,20);1H. The normalized spacial score (nSPS) is 9.91. The number of benzene rings is 1. The monoisotopic (exact) mass is 325 g/mol. The maximum atomic E-state index is 11.5. The van der Waals surface area contributed by atoms with Gasteiger partial charge in [0.2, 0.25) is 5.91 Å². The molecule has 120 valence electrons. The van der Waals surface area contributed by atoms with Gasteiger partial charge >= 0.3 is 0 Å². The predicted octanol–water partition coefficient (Wildman–Crippen LogP) is 0.923. The van der Waals surface area contributed by atoms with Gasteiger partial charge in [-0.05, 0) is 31.3 Å². The van der Waals surface area contributed by atoms with Crippen molar-refractivity contribution >= 4 is 18.3 Å². The van der Waals surface area contributed by atoms with Crippen molar-refractivity contribution in [1.82, 2.24) is 25.6 Å². The summed E-state index contributed by atoms with van der Waals surface area (Å²) in [5.41, 5.74) is 1.60. The SMILES string of the molecule is CNCCC(=O)NCc1cn(-c2ccc(OC)cc2)nn1.Cl. The second-order valence-corrected chi connectivity index (χ2v) is 4.48. The van der Waals surface area contributed by atoms with E-state index in [0.29, 0.717) is 25.2 Å². The van der Waals surface area contributed by atoms with Crippen LogP contribution in [0.3, 0.4) is 0 Å². The molecular formula is C14H20ClN5O2. The lowest BCUT2D eigenvalue weighted by atomic mass is 10.3. The molecule has 7 nitrogen and oxygen atoms in total. The average molecular weight is 326 g/mol. The summed E-state index contributed by atoms with van der Waals surface area (Å²) >= 11 is 0. The van der Waals surface area contributed by atoms with E-state index >= 15 is 0 Å². The molecule has 0 bridgehead atoms. The van der Waals surface area contributed by atoms with Crippen molar-refractivity contribution < 1.29 is 9.53 Å². The highest BCUT2D eigenvalue weighted by atomic mass is 35.5. The highest BCUT2D eigenvalue weighted by molar-refractivity contribution is 5.85. The quantitative estimate of drug-likeness (QED) is 0.791. The zero-order chi connectivity index (χ0) is 15.1. The molecule has 8 heteroatoms. The molecule has 0 aliphatic rings. The Morgan fingerprint density at radius 3 is 2.68 bits per heavy atom. The summed E-state index contributed by atoms with van der Waals surface area (Å²) in [6.07, 6.45) is 2.24. The first-order valence-corrected chi connectivity index (χ1v) is 6.70. The molecule has 0 aliphatic heterocycles. The molecule has 1 heterocycles. The molecule has 0 radical (unpaired) electrons. The maximum Gasteiger partial charge on any atom is 0.221 e. The third kappa shape index (κ3) is 5.01. The van der Waals surface area contributed by atoms with E-state index in [9.17, 15) is 4.79 Å². The molecule has 2 N–H and O–H groups in total. The van der Waals surface area contributed by atoms with Gasteiger partial charge in [0.1, 0.15) is 11.4 Å². The number of amides is 1. The highest BCUT2D eigenvalue weighted by Crippen LogP contribution is 2.14. The van der Waals surface area contributed by atoms with E-state index in [1.807, 2.05) is 31.3 Å². The minimum atomic E-state index is -0.0108. The van der Waals surface area contributed by atoms with Crippen LogP contribution in [0.2, 0.25) is 0 Å². The molecule has 0 unspecified atom stereocenters. The zero-order valence-corrected chi connectivity index (χ0v) is 13.4. The number of hydrogen-bond acceptors (Lipinski definition) is 5. The van der Waals surface area contributed by atoms with E-state index in [1.165, 1.54) is 0 Å². The third-order valence-electron chi connectivity index (χ3n) is 2.95. The van der Waals surface area contributed by atoms with E-state index in [4.69, 9.17) is 4.74 Å². The molecule has 0 saturated carbocycles. The number of nitrogens with zero attached hydrogens (tertiary/aromatic N) is 3. The van der Waals surface area contributed by atoms with Crippen molar-refractivity contribution in [2.75, 3.05) is 20.7 Å². The Balaban J connectivity index is 0.00000242. The van der Waals surface area contributed by atoms with Crippen LogP contribution in [0.25, 0.3) is 5.69 Å². The molecule has 1 amide bonds. The number of ether oxygens (including phenoxy) is 1. The van der Waals surface area contributed by atoms with Gasteiger partial charge in [-0.2, -0.15) is 0 Å². The lowest BCUT2D eigenvalue weighted by Gasteiger charge is -2.03. The van der Waals surface area contributed by atoms with Gasteiger partial charge in [0, 0.05) is 13.0 Å². The van der Waals surface area contributed by atoms with Crippen LogP contribution in [-0.4, -0.2) is 41.6 Å². The summed E-state index contributed by atoms with van der Waals surface area (Å²) in [5.74, 6) is 0.777. The molecular weight excluding hydrogens is 306 g/mol. The molecule has 22 heavy (non-hydrogen) atoms. The molecule has 0 atom stereocenters. The smallest absolute Gasteiger partial charge is 0.221 e. The number of halogens is 1. The van der Waals surface area contributed by atoms with Crippen LogP contribution in [0.4, 0.5) is 0 Å². The van der Waals surface area contributed by atoms with Crippen molar-refractivity contribution in [3.8, 4) is 11.4 Å². The van der Waals surface area contributed by atoms with Crippen molar-refractivity contribution in [1.29, 1.82) is 0 Å². The summed E-state index contributed by atoms with van der Waals surface area (Å²) in [6.45, 7) is 1.03. The topological polar surface area (TPSA) is 81.1 Å². The Kier molecular flexibility index (Phi) is 7.34. The van der Waals surface area contributed by atoms with Crippen molar-refractivity contribution in [3.05, 3.63) is 36.2 Å². The van der Waals surface area contributed by atoms with Gasteiger partial charge in [0.05, 0.1) is 25.5 Å². The van der Waals surface area contributed by atoms with Gasteiger partial charge in [0.25, 0.3) is 0 Å². The van der Waals surface area contributed by atoms with Crippen LogP contribution in [-0.2, 0) is 11.3 Å². The van der Waals surface area contributed by atoms with Crippen LogP contribution in [0.1, 0.15) is 12.1 Å². The van der Waals surface area contributed by atoms with Crippen LogP contribution >= 0.6 is 12.4 Å². The van der Waals surface area contributed by atoms with Crippen molar-refractivity contribution in [2.24, 2.45) is 0 Å². The summed E-state index contributed by atoms with van der Waals surface area (Å²) in [6, 6.07) is 7.50. The molecule has 0 fully saturated rings. The zero-order valence-electron chi connectivity index (χ0n) is 12.6. The number of aromatic nitrogens is 3. The van der Waals surface area contributed by atoms with Crippen LogP contribution in [0, 0.1) is 0 Å². The lowest BCUT2D eigenvalue weighted by Crippen LogP contribution is -2.26. The molecule has 2 rings (SSSR count). The number of hydrogen-bond donors (Lipinski definition) is 2. The number of carbonyl (C=O) groups is 1. The number of rotatable bonds is 7. The summed E-state index contributed by atoms with van der Waals surface area (Å²) in [7, 11) is 3.44. The van der Waals surface area contributed by atoms with Gasteiger partial charge in [-0.15, -0.1) is 17.5 Å². The molecule has 1 aromatic heterocycles. The Bertz CT molecular complexity index is 585. The maximum absolute atomic E-state index is 11.5. The second-order valence-electron chi connectivity index (χ2n) is 4.48. The fourth-order valence-electron chi connectivity index (χ4n) is 1.76. The van der Waals surface area contributed by atoms with Crippen LogP contribution in [0.5, 0.6) is 5.75 Å². The predicted molar refractivity (Wildman–Crippen MR) is 85.5 cm³/mol. The van der Waals surface area contributed by atoms with Crippen LogP contribution in [0.15, 0.2) is 30.5 Å². The van der Waals surface area contributed by atoms with E-state index in [-0.39, 0.29) is 18.3 Å². The molecule has 1 aromatic carbocycles. The van der Waals surface area contributed by atoms with E-state index in [2.05, 4.69) is 20.9 Å². The first-order chi connectivity index (χ1) is 10.2. The Labute approximate surface area is 135 Å². The minimum Gasteiger partial charge on any atom is -0.497 e. The summed E-state index contributed by atoms with van der Waals surface area (Å²) in [4.78, 5) is 11.5. The van der Waals surface area contributed by atoms with Gasteiger partial charge in [0.15, 0.2) is 0 Å². The first-order valence-electron chi connectivity index (χ1n) is 6.70.